The molecule has 130 valence electrons. The zero-order valence-electron chi connectivity index (χ0n) is 15.3. The number of hydrogen-bond donors (Lipinski definition) is 1. The Labute approximate surface area is 144 Å². The van der Waals surface area contributed by atoms with Gasteiger partial charge in [0.2, 0.25) is 0 Å². The van der Waals surface area contributed by atoms with Gasteiger partial charge in [0.15, 0.2) is 5.78 Å². The van der Waals surface area contributed by atoms with Crippen LogP contribution < -0.4 is 0 Å². The van der Waals surface area contributed by atoms with Crippen LogP contribution in [0.1, 0.15) is 61.3 Å². The highest BCUT2D eigenvalue weighted by atomic mass is 16.6. The van der Waals surface area contributed by atoms with Crippen molar-refractivity contribution in [1.82, 2.24) is 0 Å². The maximum atomic E-state index is 12.7. The van der Waals surface area contributed by atoms with Crippen molar-refractivity contribution < 1.29 is 14.7 Å². The summed E-state index contributed by atoms with van der Waals surface area (Å²) in [5.41, 5.74) is 5.65. The molecular formula is C20H27NO3. The lowest BCUT2D eigenvalue weighted by Gasteiger charge is -2.27. The number of carbonyl (C=O) groups excluding carboxylic acids is 1. The lowest BCUT2D eigenvalue weighted by molar-refractivity contribution is -0.116. The third kappa shape index (κ3) is 3.69. The number of Topliss-reactive ketones (excluding diaryl/α,β-unsaturated/α-hetero) is 1. The van der Waals surface area contributed by atoms with Crippen LogP contribution in [0.5, 0.6) is 0 Å². The Bertz CT molecular complexity index is 678. The van der Waals surface area contributed by atoms with E-state index in [9.17, 15) is 9.90 Å². The standard InChI is InChI=1S/C20H27NO3/c1-6-16(21-24-7-2)20-17(22)10-15(11-18(20)23)19-13(4)8-12(3)9-14(19)5/h8-9,15,22H,6-7,10-11H2,1-5H3/b21-16-. The first-order chi connectivity index (χ1) is 11.4. The molecule has 0 saturated heterocycles. The van der Waals surface area contributed by atoms with E-state index in [-0.39, 0.29) is 17.5 Å². The van der Waals surface area contributed by atoms with Crippen molar-refractivity contribution in [2.45, 2.75) is 59.8 Å². The third-order valence-corrected chi connectivity index (χ3v) is 4.51. The van der Waals surface area contributed by atoms with Gasteiger partial charge in [0.25, 0.3) is 0 Å². The van der Waals surface area contributed by atoms with Crippen LogP contribution in [-0.4, -0.2) is 23.2 Å². The van der Waals surface area contributed by atoms with Gasteiger partial charge >= 0.3 is 0 Å². The number of allylic oxidation sites excluding steroid dienone is 2. The molecule has 0 spiro atoms. The van der Waals surface area contributed by atoms with Gasteiger partial charge in [0, 0.05) is 12.8 Å². The first-order valence-electron chi connectivity index (χ1n) is 8.61. The number of carbonyl (C=O) groups is 1. The van der Waals surface area contributed by atoms with Crippen LogP contribution in [0.2, 0.25) is 0 Å². The van der Waals surface area contributed by atoms with Crippen molar-refractivity contribution >= 4 is 11.5 Å². The lowest BCUT2D eigenvalue weighted by atomic mass is 9.78. The summed E-state index contributed by atoms with van der Waals surface area (Å²) in [6.45, 7) is 10.4. The van der Waals surface area contributed by atoms with Crippen LogP contribution in [0.4, 0.5) is 0 Å². The third-order valence-electron chi connectivity index (χ3n) is 4.51. The van der Waals surface area contributed by atoms with E-state index in [1.807, 2.05) is 13.8 Å². The second-order valence-electron chi connectivity index (χ2n) is 6.47. The fourth-order valence-electron chi connectivity index (χ4n) is 3.69. The first kappa shape index (κ1) is 18.2. The van der Waals surface area contributed by atoms with Crippen LogP contribution in [0.3, 0.4) is 0 Å². The Morgan fingerprint density at radius 3 is 2.33 bits per heavy atom. The molecule has 0 saturated carbocycles. The maximum Gasteiger partial charge on any atom is 0.168 e. The summed E-state index contributed by atoms with van der Waals surface area (Å²) < 4.78 is 0. The average Bonchev–Trinajstić information content (AvgIpc) is 2.48. The molecule has 0 aliphatic heterocycles. The number of benzene rings is 1. The quantitative estimate of drug-likeness (QED) is 0.630. The first-order valence-corrected chi connectivity index (χ1v) is 8.61. The highest BCUT2D eigenvalue weighted by molar-refractivity contribution is 6.23. The van der Waals surface area contributed by atoms with Gasteiger partial charge < -0.3 is 9.94 Å². The van der Waals surface area contributed by atoms with Gasteiger partial charge in [-0.25, -0.2) is 0 Å². The number of oxime groups is 1. The Kier molecular flexibility index (Phi) is 5.81. The molecule has 1 unspecified atom stereocenters. The van der Waals surface area contributed by atoms with Gasteiger partial charge in [-0.1, -0.05) is 29.8 Å². The second kappa shape index (κ2) is 7.65. The highest BCUT2D eigenvalue weighted by Crippen LogP contribution is 2.37. The van der Waals surface area contributed by atoms with E-state index in [0.717, 1.165) is 0 Å². The number of nitrogens with zero attached hydrogens (tertiary/aromatic N) is 1. The van der Waals surface area contributed by atoms with E-state index in [2.05, 4.69) is 38.1 Å². The zero-order chi connectivity index (χ0) is 17.9. The average molecular weight is 329 g/mol. The minimum Gasteiger partial charge on any atom is -0.511 e. The summed E-state index contributed by atoms with van der Waals surface area (Å²) in [5, 5.41) is 14.5. The topological polar surface area (TPSA) is 58.9 Å². The van der Waals surface area contributed by atoms with Crippen molar-refractivity contribution in [3.8, 4) is 0 Å². The predicted octanol–water partition coefficient (Wildman–Crippen LogP) is 4.67. The van der Waals surface area contributed by atoms with Crippen LogP contribution in [0, 0.1) is 20.8 Å². The summed E-state index contributed by atoms with van der Waals surface area (Å²) in [4.78, 5) is 17.8. The fraction of sp³-hybridized carbons (Fsp3) is 0.500. The van der Waals surface area contributed by atoms with E-state index in [1.165, 1.54) is 22.3 Å². The van der Waals surface area contributed by atoms with Crippen LogP contribution in [0.25, 0.3) is 0 Å². The summed E-state index contributed by atoms with van der Waals surface area (Å²) >= 11 is 0. The van der Waals surface area contributed by atoms with E-state index in [1.54, 1.807) is 0 Å². The number of hydrogen-bond acceptors (Lipinski definition) is 4. The fourth-order valence-corrected chi connectivity index (χ4v) is 3.69. The molecule has 1 aromatic carbocycles. The van der Waals surface area contributed by atoms with Crippen LogP contribution >= 0.6 is 0 Å². The van der Waals surface area contributed by atoms with Gasteiger partial charge in [-0.05, 0) is 56.7 Å². The second-order valence-corrected chi connectivity index (χ2v) is 6.47. The van der Waals surface area contributed by atoms with E-state index in [4.69, 9.17) is 4.84 Å². The van der Waals surface area contributed by atoms with Crippen molar-refractivity contribution in [2.24, 2.45) is 5.16 Å². The molecule has 1 aromatic rings. The number of ketones is 1. The molecule has 0 amide bonds. The summed E-state index contributed by atoms with van der Waals surface area (Å²) in [5.74, 6) is 0.103. The van der Waals surface area contributed by atoms with Crippen molar-refractivity contribution in [1.29, 1.82) is 0 Å². The number of aliphatic hydroxyl groups excluding tert-OH is 1. The van der Waals surface area contributed by atoms with Gasteiger partial charge in [-0.2, -0.15) is 0 Å². The largest absolute Gasteiger partial charge is 0.511 e. The van der Waals surface area contributed by atoms with Crippen LogP contribution in [-0.2, 0) is 9.63 Å². The van der Waals surface area contributed by atoms with Gasteiger partial charge in [-0.3, -0.25) is 4.79 Å². The Hall–Kier alpha value is -2.10. The monoisotopic (exact) mass is 329 g/mol. The minimum absolute atomic E-state index is 0.0204. The van der Waals surface area contributed by atoms with E-state index < -0.39 is 0 Å². The Balaban J connectivity index is 2.38. The van der Waals surface area contributed by atoms with E-state index in [0.29, 0.717) is 37.2 Å². The predicted molar refractivity (Wildman–Crippen MR) is 96.6 cm³/mol. The highest BCUT2D eigenvalue weighted by Gasteiger charge is 2.32. The Morgan fingerprint density at radius 2 is 1.83 bits per heavy atom. The minimum atomic E-state index is -0.0524. The molecule has 0 heterocycles. The van der Waals surface area contributed by atoms with Gasteiger partial charge in [0.1, 0.15) is 12.4 Å². The van der Waals surface area contributed by atoms with Crippen LogP contribution in [0.15, 0.2) is 28.6 Å². The molecule has 24 heavy (non-hydrogen) atoms. The van der Waals surface area contributed by atoms with Gasteiger partial charge in [-0.15, -0.1) is 0 Å². The molecule has 2 rings (SSSR count). The molecule has 0 radical (unpaired) electrons. The number of aryl methyl sites for hydroxylation is 3. The van der Waals surface area contributed by atoms with Gasteiger partial charge in [0.05, 0.1) is 11.3 Å². The van der Waals surface area contributed by atoms with E-state index >= 15 is 0 Å². The molecule has 0 bridgehead atoms. The maximum absolute atomic E-state index is 12.7. The van der Waals surface area contributed by atoms with Crippen molar-refractivity contribution in [2.75, 3.05) is 6.61 Å². The summed E-state index contributed by atoms with van der Waals surface area (Å²) in [6, 6.07) is 4.27. The molecular weight excluding hydrogens is 302 g/mol. The SMILES string of the molecule is CCO/N=C(/CC)C1=C(O)CC(c2c(C)cc(C)cc2C)CC1=O. The molecule has 0 fully saturated rings. The molecule has 4 nitrogen and oxygen atoms in total. The Morgan fingerprint density at radius 1 is 1.21 bits per heavy atom. The summed E-state index contributed by atoms with van der Waals surface area (Å²) in [7, 11) is 0. The smallest absolute Gasteiger partial charge is 0.168 e. The molecule has 4 heteroatoms. The number of rotatable bonds is 5. The molecule has 1 N–H and O–H groups in total. The summed E-state index contributed by atoms with van der Waals surface area (Å²) in [6.07, 6.45) is 1.42. The molecule has 1 aliphatic rings. The zero-order valence-corrected chi connectivity index (χ0v) is 15.3. The lowest BCUT2D eigenvalue weighted by Crippen LogP contribution is -2.24. The molecule has 1 aliphatic carbocycles. The normalized spacial score (nSPS) is 19.0. The molecule has 0 aromatic heterocycles. The number of aliphatic hydroxyl groups is 1. The molecule has 1 atom stereocenters. The van der Waals surface area contributed by atoms with Crippen molar-refractivity contribution in [3.05, 3.63) is 45.7 Å². The van der Waals surface area contributed by atoms with Crippen molar-refractivity contribution in [3.63, 3.8) is 0 Å².